The summed E-state index contributed by atoms with van der Waals surface area (Å²) in [5.41, 5.74) is 2.74. The Bertz CT molecular complexity index is 1090. The number of likely N-dealkylation sites (tertiary alicyclic amines) is 1. The molecule has 2 heterocycles. The summed E-state index contributed by atoms with van der Waals surface area (Å²) >= 11 is 0. The van der Waals surface area contributed by atoms with Gasteiger partial charge in [-0.3, -0.25) is 5.10 Å². The number of H-pyrrole nitrogens is 1. The van der Waals surface area contributed by atoms with Gasteiger partial charge in [-0.15, -0.1) is 0 Å². The molecular weight excluding hydrogens is 370 g/mol. The molecule has 148 valence electrons. The SMILES string of the molecule is CC(C)c1ccccc1S(=O)(=O)c1ccc2n[nH]c(C3CCN(C)CC3)c2c1. The Labute approximate surface area is 166 Å². The molecule has 0 bridgehead atoms. The number of aromatic nitrogens is 2. The molecule has 1 aromatic heterocycles. The van der Waals surface area contributed by atoms with E-state index in [-0.39, 0.29) is 5.92 Å². The van der Waals surface area contributed by atoms with Crippen LogP contribution in [0.3, 0.4) is 0 Å². The van der Waals surface area contributed by atoms with Crippen LogP contribution in [-0.4, -0.2) is 43.7 Å². The Morgan fingerprint density at radius 3 is 2.54 bits per heavy atom. The number of aromatic amines is 1. The molecular formula is C22H27N3O2S. The minimum Gasteiger partial charge on any atom is -0.306 e. The molecule has 3 aromatic rings. The molecule has 1 aliphatic heterocycles. The maximum absolute atomic E-state index is 13.4. The van der Waals surface area contributed by atoms with E-state index in [0.29, 0.717) is 15.7 Å². The first kappa shape index (κ1) is 19.2. The van der Waals surface area contributed by atoms with Crippen molar-refractivity contribution in [2.24, 2.45) is 0 Å². The zero-order chi connectivity index (χ0) is 19.9. The van der Waals surface area contributed by atoms with Crippen LogP contribution in [0.15, 0.2) is 52.3 Å². The first-order chi connectivity index (χ1) is 13.4. The number of hydrogen-bond donors (Lipinski definition) is 1. The Hall–Kier alpha value is -2.18. The maximum atomic E-state index is 13.4. The molecule has 0 unspecified atom stereocenters. The van der Waals surface area contributed by atoms with E-state index in [9.17, 15) is 8.42 Å². The predicted octanol–water partition coefficient (Wildman–Crippen LogP) is 4.33. The van der Waals surface area contributed by atoms with Crippen LogP contribution >= 0.6 is 0 Å². The lowest BCUT2D eigenvalue weighted by Gasteiger charge is -2.28. The molecule has 5 nitrogen and oxygen atoms in total. The molecule has 28 heavy (non-hydrogen) atoms. The number of nitrogens with zero attached hydrogens (tertiary/aromatic N) is 2. The summed E-state index contributed by atoms with van der Waals surface area (Å²) in [5.74, 6) is 0.528. The normalized spacial score (nSPS) is 16.9. The van der Waals surface area contributed by atoms with Crippen LogP contribution in [0.4, 0.5) is 0 Å². The van der Waals surface area contributed by atoms with Crippen LogP contribution in [0.1, 0.15) is 49.8 Å². The standard InChI is InChI=1S/C22H27N3O2S/c1-15(2)18-6-4-5-7-21(18)28(26,27)17-8-9-20-19(14-17)22(24-23-20)16-10-12-25(3)13-11-16/h4-9,14-16H,10-13H2,1-3H3,(H,23,24). The Morgan fingerprint density at radius 1 is 1.11 bits per heavy atom. The molecule has 1 fully saturated rings. The largest absolute Gasteiger partial charge is 0.306 e. The summed E-state index contributed by atoms with van der Waals surface area (Å²) < 4.78 is 26.8. The number of sulfone groups is 1. The highest BCUT2D eigenvalue weighted by atomic mass is 32.2. The number of nitrogens with one attached hydrogen (secondary N) is 1. The average molecular weight is 398 g/mol. The van der Waals surface area contributed by atoms with Crippen LogP contribution < -0.4 is 0 Å². The third kappa shape index (κ3) is 3.35. The van der Waals surface area contributed by atoms with Crippen molar-refractivity contribution >= 4 is 20.7 Å². The van der Waals surface area contributed by atoms with Crippen LogP contribution in [-0.2, 0) is 9.84 Å². The number of rotatable bonds is 4. The van der Waals surface area contributed by atoms with E-state index < -0.39 is 9.84 Å². The molecule has 2 aromatic carbocycles. The van der Waals surface area contributed by atoms with Crippen molar-refractivity contribution in [2.75, 3.05) is 20.1 Å². The van der Waals surface area contributed by atoms with Gasteiger partial charge in [0.15, 0.2) is 0 Å². The first-order valence-electron chi connectivity index (χ1n) is 9.88. The van der Waals surface area contributed by atoms with E-state index in [1.807, 2.05) is 32.0 Å². The summed E-state index contributed by atoms with van der Waals surface area (Å²) in [6.45, 7) is 6.13. The molecule has 0 radical (unpaired) electrons. The van der Waals surface area contributed by atoms with Gasteiger partial charge in [-0.25, -0.2) is 8.42 Å². The highest BCUT2D eigenvalue weighted by Gasteiger charge is 2.25. The predicted molar refractivity (Wildman–Crippen MR) is 112 cm³/mol. The fourth-order valence-electron chi connectivity index (χ4n) is 4.11. The molecule has 0 atom stereocenters. The third-order valence-electron chi connectivity index (χ3n) is 5.82. The van der Waals surface area contributed by atoms with Crippen molar-refractivity contribution in [3.8, 4) is 0 Å². The van der Waals surface area contributed by atoms with Crippen molar-refractivity contribution in [1.82, 2.24) is 15.1 Å². The van der Waals surface area contributed by atoms with Gasteiger partial charge < -0.3 is 4.90 Å². The number of benzene rings is 2. The Morgan fingerprint density at radius 2 is 1.82 bits per heavy atom. The summed E-state index contributed by atoms with van der Waals surface area (Å²) in [6.07, 6.45) is 2.11. The van der Waals surface area contributed by atoms with Crippen molar-refractivity contribution < 1.29 is 8.42 Å². The van der Waals surface area contributed by atoms with Gasteiger partial charge in [0, 0.05) is 17.0 Å². The summed E-state index contributed by atoms with van der Waals surface area (Å²) in [6, 6.07) is 12.6. The minimum absolute atomic E-state index is 0.137. The quantitative estimate of drug-likeness (QED) is 0.712. The van der Waals surface area contributed by atoms with Gasteiger partial charge in [-0.05, 0) is 68.7 Å². The second-order valence-electron chi connectivity index (χ2n) is 8.09. The molecule has 6 heteroatoms. The highest BCUT2D eigenvalue weighted by Crippen LogP contribution is 2.34. The lowest BCUT2D eigenvalue weighted by atomic mass is 9.92. The van der Waals surface area contributed by atoms with E-state index >= 15 is 0 Å². The summed E-state index contributed by atoms with van der Waals surface area (Å²) in [7, 11) is -1.45. The van der Waals surface area contributed by atoms with E-state index in [1.54, 1.807) is 24.3 Å². The molecule has 0 amide bonds. The van der Waals surface area contributed by atoms with Crippen molar-refractivity contribution in [3.63, 3.8) is 0 Å². The Kier molecular flexibility index (Phi) is 5.02. The maximum Gasteiger partial charge on any atom is 0.206 e. The van der Waals surface area contributed by atoms with Gasteiger partial charge in [-0.1, -0.05) is 32.0 Å². The van der Waals surface area contributed by atoms with Gasteiger partial charge in [-0.2, -0.15) is 5.10 Å². The molecule has 1 saturated heterocycles. The van der Waals surface area contributed by atoms with Gasteiger partial charge in [0.25, 0.3) is 0 Å². The van der Waals surface area contributed by atoms with Crippen LogP contribution in [0, 0.1) is 0 Å². The van der Waals surface area contributed by atoms with Crippen molar-refractivity contribution in [1.29, 1.82) is 0 Å². The monoisotopic (exact) mass is 397 g/mol. The Balaban J connectivity index is 1.79. The lowest BCUT2D eigenvalue weighted by Crippen LogP contribution is -2.29. The van der Waals surface area contributed by atoms with Gasteiger partial charge in [0.05, 0.1) is 15.3 Å². The van der Waals surface area contributed by atoms with Gasteiger partial charge in [0.1, 0.15) is 0 Å². The van der Waals surface area contributed by atoms with E-state index in [1.165, 1.54) is 0 Å². The van der Waals surface area contributed by atoms with Crippen LogP contribution in [0.25, 0.3) is 10.9 Å². The summed E-state index contributed by atoms with van der Waals surface area (Å²) in [5, 5.41) is 8.53. The average Bonchev–Trinajstić information content (AvgIpc) is 3.12. The molecule has 0 aliphatic carbocycles. The number of fused-ring (bicyclic) bond motifs is 1. The number of hydrogen-bond acceptors (Lipinski definition) is 4. The van der Waals surface area contributed by atoms with E-state index in [0.717, 1.165) is 48.1 Å². The first-order valence-corrected chi connectivity index (χ1v) is 11.4. The summed E-state index contributed by atoms with van der Waals surface area (Å²) in [4.78, 5) is 3.06. The van der Waals surface area contributed by atoms with Crippen LogP contribution in [0.2, 0.25) is 0 Å². The van der Waals surface area contributed by atoms with Crippen molar-refractivity contribution in [2.45, 2.75) is 48.3 Å². The van der Waals surface area contributed by atoms with E-state index in [2.05, 4.69) is 22.1 Å². The minimum atomic E-state index is -3.59. The smallest absolute Gasteiger partial charge is 0.206 e. The zero-order valence-corrected chi connectivity index (χ0v) is 17.5. The van der Waals surface area contributed by atoms with Crippen LogP contribution in [0.5, 0.6) is 0 Å². The molecule has 0 saturated carbocycles. The van der Waals surface area contributed by atoms with Crippen molar-refractivity contribution in [3.05, 3.63) is 53.7 Å². The fraction of sp³-hybridized carbons (Fsp3) is 0.409. The molecule has 1 N–H and O–H groups in total. The zero-order valence-electron chi connectivity index (χ0n) is 16.6. The second-order valence-corrected chi connectivity index (χ2v) is 10.0. The number of piperidine rings is 1. The fourth-order valence-corrected chi connectivity index (χ4v) is 5.76. The molecule has 1 aliphatic rings. The van der Waals surface area contributed by atoms with E-state index in [4.69, 9.17) is 0 Å². The third-order valence-corrected chi connectivity index (χ3v) is 7.65. The lowest BCUT2D eigenvalue weighted by molar-refractivity contribution is 0.254. The topological polar surface area (TPSA) is 66.1 Å². The highest BCUT2D eigenvalue weighted by molar-refractivity contribution is 7.91. The van der Waals surface area contributed by atoms with Gasteiger partial charge >= 0.3 is 0 Å². The molecule has 4 rings (SSSR count). The second kappa shape index (κ2) is 7.33. The molecule has 0 spiro atoms. The van der Waals surface area contributed by atoms with Gasteiger partial charge in [0.2, 0.25) is 9.84 Å².